The van der Waals surface area contributed by atoms with Gasteiger partial charge in [-0.05, 0) is 31.6 Å². The summed E-state index contributed by atoms with van der Waals surface area (Å²) in [5.41, 5.74) is -1.19. The molecular weight excluding hydrogens is 248 g/mol. The number of carbonyl (C=O) groups excluding carboxylic acids is 1. The molecule has 1 aliphatic rings. The molecule has 110 valence electrons. The van der Waals surface area contributed by atoms with Crippen molar-refractivity contribution in [1.82, 2.24) is 10.2 Å². The van der Waals surface area contributed by atoms with Gasteiger partial charge in [-0.25, -0.2) is 9.59 Å². The molecule has 2 amide bonds. The predicted octanol–water partition coefficient (Wildman–Crippen LogP) is 1.04. The highest BCUT2D eigenvalue weighted by Crippen LogP contribution is 2.19. The predicted molar refractivity (Wildman–Crippen MR) is 70.9 cm³/mol. The van der Waals surface area contributed by atoms with Gasteiger partial charge in [-0.1, -0.05) is 13.8 Å². The molecule has 0 aliphatic carbocycles. The minimum absolute atomic E-state index is 0.0649. The van der Waals surface area contributed by atoms with Gasteiger partial charge in [0.05, 0.1) is 0 Å². The van der Waals surface area contributed by atoms with Crippen molar-refractivity contribution in [2.45, 2.75) is 45.1 Å². The van der Waals surface area contributed by atoms with Crippen molar-refractivity contribution in [1.29, 1.82) is 0 Å². The van der Waals surface area contributed by atoms with Crippen LogP contribution in [-0.2, 0) is 4.79 Å². The van der Waals surface area contributed by atoms with Gasteiger partial charge >= 0.3 is 12.0 Å². The molecule has 0 aromatic rings. The molecule has 3 N–H and O–H groups in total. The number of nitrogens with zero attached hydrogens (tertiary/aromatic N) is 1. The maximum Gasteiger partial charge on any atom is 0.329 e. The van der Waals surface area contributed by atoms with E-state index in [1.165, 1.54) is 0 Å². The molecular formula is C13H24N2O4. The van der Waals surface area contributed by atoms with Gasteiger partial charge in [-0.3, -0.25) is 0 Å². The number of aliphatic hydroxyl groups is 1. The highest BCUT2D eigenvalue weighted by atomic mass is 16.4. The van der Waals surface area contributed by atoms with Gasteiger partial charge in [0, 0.05) is 19.7 Å². The largest absolute Gasteiger partial charge is 0.480 e. The number of carboxylic acids is 1. The lowest BCUT2D eigenvalue weighted by atomic mass is 9.93. The Morgan fingerprint density at radius 2 is 2.00 bits per heavy atom. The Morgan fingerprint density at radius 1 is 1.37 bits per heavy atom. The Hall–Kier alpha value is -1.30. The van der Waals surface area contributed by atoms with Gasteiger partial charge in [0.15, 0.2) is 0 Å². The summed E-state index contributed by atoms with van der Waals surface area (Å²) in [7, 11) is 0. The third-order valence-corrected chi connectivity index (χ3v) is 4.03. The Kier molecular flexibility index (Phi) is 5.60. The average molecular weight is 272 g/mol. The average Bonchev–Trinajstić information content (AvgIpc) is 2.44. The molecule has 1 fully saturated rings. The third-order valence-electron chi connectivity index (χ3n) is 4.03. The first-order chi connectivity index (χ1) is 8.99. The normalized spacial score (nSPS) is 20.2. The zero-order valence-corrected chi connectivity index (χ0v) is 11.7. The van der Waals surface area contributed by atoms with Crippen molar-refractivity contribution < 1.29 is 19.8 Å². The molecule has 6 heteroatoms. The minimum Gasteiger partial charge on any atom is -0.480 e. The zero-order chi connectivity index (χ0) is 14.5. The second-order valence-electron chi connectivity index (χ2n) is 5.16. The van der Waals surface area contributed by atoms with Crippen LogP contribution >= 0.6 is 0 Å². The summed E-state index contributed by atoms with van der Waals surface area (Å²) in [6, 6.07) is -0.343. The van der Waals surface area contributed by atoms with Gasteiger partial charge in [-0.15, -0.1) is 0 Å². The molecule has 1 saturated heterocycles. The van der Waals surface area contributed by atoms with E-state index in [2.05, 4.69) is 5.32 Å². The summed E-state index contributed by atoms with van der Waals surface area (Å²) in [6.07, 6.45) is 2.45. The van der Waals surface area contributed by atoms with Crippen LogP contribution in [0.15, 0.2) is 0 Å². The maximum absolute atomic E-state index is 12.2. The third kappa shape index (κ3) is 3.59. The molecule has 0 aromatic heterocycles. The Balaban J connectivity index is 2.69. The monoisotopic (exact) mass is 272 g/mol. The lowest BCUT2D eigenvalue weighted by Crippen LogP contribution is -2.58. The van der Waals surface area contributed by atoms with Crippen molar-refractivity contribution >= 4 is 12.0 Å². The molecule has 1 rings (SSSR count). The van der Waals surface area contributed by atoms with E-state index >= 15 is 0 Å². The SMILES string of the molecule is CCC(CC)(NC(=O)N1CCCC(CO)C1)C(=O)O. The number of piperidine rings is 1. The number of aliphatic hydroxyl groups excluding tert-OH is 1. The maximum atomic E-state index is 12.2. The smallest absolute Gasteiger partial charge is 0.329 e. The molecule has 1 heterocycles. The van der Waals surface area contributed by atoms with Gasteiger partial charge < -0.3 is 20.4 Å². The number of carbonyl (C=O) groups is 2. The van der Waals surface area contributed by atoms with Crippen LogP contribution in [0.25, 0.3) is 0 Å². The quantitative estimate of drug-likeness (QED) is 0.697. The molecule has 0 spiro atoms. The van der Waals surface area contributed by atoms with Crippen molar-refractivity contribution in [3.05, 3.63) is 0 Å². The van der Waals surface area contributed by atoms with Gasteiger partial charge in [0.25, 0.3) is 0 Å². The minimum atomic E-state index is -1.19. The summed E-state index contributed by atoms with van der Waals surface area (Å²) in [6.45, 7) is 4.68. The van der Waals surface area contributed by atoms with Crippen LogP contribution in [0.4, 0.5) is 4.79 Å². The van der Waals surface area contributed by atoms with E-state index in [1.54, 1.807) is 18.7 Å². The van der Waals surface area contributed by atoms with E-state index in [-0.39, 0.29) is 18.6 Å². The number of nitrogens with one attached hydrogen (secondary N) is 1. The molecule has 0 radical (unpaired) electrons. The Morgan fingerprint density at radius 3 is 2.47 bits per heavy atom. The number of hydrogen-bond donors (Lipinski definition) is 3. The number of carboxylic acid groups (broad SMARTS) is 1. The lowest BCUT2D eigenvalue weighted by Gasteiger charge is -2.36. The van der Waals surface area contributed by atoms with E-state index < -0.39 is 11.5 Å². The second-order valence-corrected chi connectivity index (χ2v) is 5.16. The Labute approximate surface area is 113 Å². The van der Waals surface area contributed by atoms with Crippen molar-refractivity contribution in [2.75, 3.05) is 19.7 Å². The summed E-state index contributed by atoms with van der Waals surface area (Å²) >= 11 is 0. The topological polar surface area (TPSA) is 89.9 Å². The molecule has 0 saturated carbocycles. The second kappa shape index (κ2) is 6.75. The fourth-order valence-corrected chi connectivity index (χ4v) is 2.46. The van der Waals surface area contributed by atoms with E-state index in [0.717, 1.165) is 12.8 Å². The first-order valence-electron chi connectivity index (χ1n) is 6.90. The standard InChI is InChI=1S/C13H24N2O4/c1-3-13(4-2,11(17)18)14-12(19)15-7-5-6-10(8-15)9-16/h10,16H,3-9H2,1-2H3,(H,14,19)(H,17,18). The van der Waals surface area contributed by atoms with E-state index in [1.807, 2.05) is 0 Å². The molecule has 0 aromatic carbocycles. The highest BCUT2D eigenvalue weighted by molar-refractivity contribution is 5.86. The van der Waals surface area contributed by atoms with Crippen LogP contribution in [0.2, 0.25) is 0 Å². The number of urea groups is 1. The first kappa shape index (κ1) is 15.8. The van der Waals surface area contributed by atoms with Crippen LogP contribution in [0.5, 0.6) is 0 Å². The summed E-state index contributed by atoms with van der Waals surface area (Å²) in [4.78, 5) is 25.1. The van der Waals surface area contributed by atoms with Crippen LogP contribution < -0.4 is 5.32 Å². The molecule has 1 unspecified atom stereocenters. The van der Waals surface area contributed by atoms with Crippen LogP contribution in [-0.4, -0.2) is 52.3 Å². The highest BCUT2D eigenvalue weighted by Gasteiger charge is 2.38. The van der Waals surface area contributed by atoms with Crippen molar-refractivity contribution in [3.63, 3.8) is 0 Å². The van der Waals surface area contributed by atoms with Crippen molar-refractivity contribution in [2.24, 2.45) is 5.92 Å². The van der Waals surface area contributed by atoms with E-state index in [9.17, 15) is 14.7 Å². The number of aliphatic carboxylic acids is 1. The fraction of sp³-hybridized carbons (Fsp3) is 0.846. The van der Waals surface area contributed by atoms with Crippen LogP contribution in [0, 0.1) is 5.92 Å². The zero-order valence-electron chi connectivity index (χ0n) is 11.7. The fourth-order valence-electron chi connectivity index (χ4n) is 2.46. The number of hydrogen-bond acceptors (Lipinski definition) is 3. The molecule has 1 atom stereocenters. The van der Waals surface area contributed by atoms with Crippen LogP contribution in [0.1, 0.15) is 39.5 Å². The van der Waals surface area contributed by atoms with Gasteiger partial charge in [0.1, 0.15) is 5.54 Å². The first-order valence-corrected chi connectivity index (χ1v) is 6.90. The van der Waals surface area contributed by atoms with Crippen molar-refractivity contribution in [3.8, 4) is 0 Å². The van der Waals surface area contributed by atoms with E-state index in [4.69, 9.17) is 5.11 Å². The summed E-state index contributed by atoms with van der Waals surface area (Å²) in [5.74, 6) is -0.899. The lowest BCUT2D eigenvalue weighted by molar-refractivity contribution is -0.144. The Bertz CT molecular complexity index is 329. The number of amides is 2. The van der Waals surface area contributed by atoms with Gasteiger partial charge in [-0.2, -0.15) is 0 Å². The van der Waals surface area contributed by atoms with Crippen LogP contribution in [0.3, 0.4) is 0 Å². The molecule has 0 bridgehead atoms. The molecule has 6 nitrogen and oxygen atoms in total. The van der Waals surface area contributed by atoms with Gasteiger partial charge in [0.2, 0.25) is 0 Å². The summed E-state index contributed by atoms with van der Waals surface area (Å²) in [5, 5.41) is 21.1. The molecule has 19 heavy (non-hydrogen) atoms. The molecule has 1 aliphatic heterocycles. The van der Waals surface area contributed by atoms with E-state index in [0.29, 0.717) is 25.9 Å². The number of rotatable bonds is 5. The number of likely N-dealkylation sites (tertiary alicyclic amines) is 1. The summed E-state index contributed by atoms with van der Waals surface area (Å²) < 4.78 is 0.